The van der Waals surface area contributed by atoms with Crippen LogP contribution < -0.4 is 5.32 Å². The highest BCUT2D eigenvalue weighted by atomic mass is 32.1. The van der Waals surface area contributed by atoms with Gasteiger partial charge < -0.3 is 5.32 Å². The Morgan fingerprint density at radius 3 is 2.71 bits per heavy atom. The number of benzene rings is 2. The highest BCUT2D eigenvalue weighted by molar-refractivity contribution is 7.13. The summed E-state index contributed by atoms with van der Waals surface area (Å²) >= 11 is 1.37. The van der Waals surface area contributed by atoms with Gasteiger partial charge in [0.2, 0.25) is 5.91 Å². The molecule has 0 fully saturated rings. The molecule has 2 aromatic carbocycles. The van der Waals surface area contributed by atoms with Crippen LogP contribution in [0.3, 0.4) is 0 Å². The number of rotatable bonds is 3. The van der Waals surface area contributed by atoms with Gasteiger partial charge in [0.15, 0.2) is 5.13 Å². The normalized spacial score (nSPS) is 20.0. The summed E-state index contributed by atoms with van der Waals surface area (Å²) in [4.78, 5) is 17.5. The number of carbonyl (C=O) groups excluding carboxylic acids is 1. The summed E-state index contributed by atoms with van der Waals surface area (Å²) < 4.78 is 0. The van der Waals surface area contributed by atoms with Crippen molar-refractivity contribution in [1.29, 1.82) is 10.5 Å². The molecule has 0 aliphatic heterocycles. The minimum Gasteiger partial charge on any atom is -0.301 e. The summed E-state index contributed by atoms with van der Waals surface area (Å²) in [6, 6.07) is 17.3. The zero-order chi connectivity index (χ0) is 19.7. The van der Waals surface area contributed by atoms with E-state index in [1.165, 1.54) is 11.3 Å². The Balaban J connectivity index is 1.84. The standard InChI is InChI=1S/C22H16N4OS/c1-22(20(27)26-21-25-7-8-28-21)11-17-6-5-15(13-24)10-18(17)19(22)16-4-2-3-14(9-16)12-23/h2-10,19H,11H2,1H3,(H,25,26,27)/t19-,22+/m0/s1. The average Bonchev–Trinajstić information content (AvgIpc) is 3.32. The Labute approximate surface area is 166 Å². The molecule has 1 aromatic heterocycles. The van der Waals surface area contributed by atoms with Gasteiger partial charge in [-0.05, 0) is 54.3 Å². The van der Waals surface area contributed by atoms with Crippen LogP contribution in [-0.2, 0) is 11.2 Å². The van der Waals surface area contributed by atoms with Crippen LogP contribution in [0.1, 0.15) is 40.7 Å². The lowest BCUT2D eigenvalue weighted by molar-refractivity contribution is -0.125. The Bertz CT molecular complexity index is 1140. The zero-order valence-corrected chi connectivity index (χ0v) is 16.0. The maximum Gasteiger partial charge on any atom is 0.233 e. The highest BCUT2D eigenvalue weighted by Crippen LogP contribution is 2.51. The Kier molecular flexibility index (Phi) is 4.43. The number of fused-ring (bicyclic) bond motifs is 1. The number of aromatic nitrogens is 1. The van der Waals surface area contributed by atoms with Crippen molar-refractivity contribution in [3.05, 3.63) is 81.9 Å². The minimum atomic E-state index is -0.768. The number of anilines is 1. The lowest BCUT2D eigenvalue weighted by atomic mass is 9.73. The molecule has 1 aliphatic carbocycles. The number of hydrogen-bond donors (Lipinski definition) is 1. The van der Waals surface area contributed by atoms with Crippen molar-refractivity contribution in [1.82, 2.24) is 4.98 Å². The van der Waals surface area contributed by atoms with Gasteiger partial charge in [0.25, 0.3) is 0 Å². The lowest BCUT2D eigenvalue weighted by Crippen LogP contribution is -2.37. The van der Waals surface area contributed by atoms with Gasteiger partial charge in [-0.15, -0.1) is 11.3 Å². The fraction of sp³-hybridized carbons (Fsp3) is 0.182. The lowest BCUT2D eigenvalue weighted by Gasteiger charge is -2.31. The molecule has 0 saturated carbocycles. The first kappa shape index (κ1) is 17.9. The quantitative estimate of drug-likeness (QED) is 0.732. The van der Waals surface area contributed by atoms with Gasteiger partial charge in [0, 0.05) is 17.5 Å². The molecule has 1 aliphatic rings. The van der Waals surface area contributed by atoms with E-state index in [0.29, 0.717) is 22.7 Å². The molecule has 1 N–H and O–H groups in total. The molecule has 0 radical (unpaired) electrons. The van der Waals surface area contributed by atoms with Crippen LogP contribution in [0, 0.1) is 28.1 Å². The smallest absolute Gasteiger partial charge is 0.233 e. The fourth-order valence-corrected chi connectivity index (χ4v) is 4.53. The predicted molar refractivity (Wildman–Crippen MR) is 107 cm³/mol. The van der Waals surface area contributed by atoms with Crippen molar-refractivity contribution in [3.63, 3.8) is 0 Å². The van der Waals surface area contributed by atoms with E-state index in [1.54, 1.807) is 18.3 Å². The second-order valence-corrected chi connectivity index (χ2v) is 7.98. The first-order valence-corrected chi connectivity index (χ1v) is 9.67. The number of amides is 1. The van der Waals surface area contributed by atoms with Crippen LogP contribution >= 0.6 is 11.3 Å². The van der Waals surface area contributed by atoms with E-state index < -0.39 is 5.41 Å². The van der Waals surface area contributed by atoms with Crippen LogP contribution in [0.4, 0.5) is 5.13 Å². The molecular weight excluding hydrogens is 368 g/mol. The number of thiazole rings is 1. The SMILES string of the molecule is C[C@@]1(C(=O)Nc2nccs2)Cc2ccc(C#N)cc2[C@@H]1c1cccc(C#N)c1. The fourth-order valence-electron chi connectivity index (χ4n) is 4.01. The monoisotopic (exact) mass is 384 g/mol. The van der Waals surface area contributed by atoms with E-state index in [9.17, 15) is 15.3 Å². The number of nitriles is 2. The Morgan fingerprint density at radius 1 is 1.21 bits per heavy atom. The van der Waals surface area contributed by atoms with Gasteiger partial charge >= 0.3 is 0 Å². The van der Waals surface area contributed by atoms with Gasteiger partial charge in [-0.3, -0.25) is 4.79 Å². The van der Waals surface area contributed by atoms with E-state index in [0.717, 1.165) is 16.7 Å². The topological polar surface area (TPSA) is 89.6 Å². The van der Waals surface area contributed by atoms with Gasteiger partial charge in [-0.1, -0.05) is 18.2 Å². The van der Waals surface area contributed by atoms with Gasteiger partial charge in [0.05, 0.1) is 28.7 Å². The zero-order valence-electron chi connectivity index (χ0n) is 15.1. The van der Waals surface area contributed by atoms with E-state index in [2.05, 4.69) is 22.4 Å². The van der Waals surface area contributed by atoms with Crippen LogP contribution in [-0.4, -0.2) is 10.9 Å². The van der Waals surface area contributed by atoms with Gasteiger partial charge in [-0.25, -0.2) is 4.98 Å². The average molecular weight is 384 g/mol. The van der Waals surface area contributed by atoms with Crippen molar-refractivity contribution in [2.75, 3.05) is 5.32 Å². The predicted octanol–water partition coefficient (Wildman–Crippen LogP) is 4.22. The van der Waals surface area contributed by atoms with E-state index >= 15 is 0 Å². The second-order valence-electron chi connectivity index (χ2n) is 7.08. The molecular formula is C22H16N4OS. The van der Waals surface area contributed by atoms with Crippen LogP contribution in [0.5, 0.6) is 0 Å². The third kappa shape index (κ3) is 2.94. The van der Waals surface area contributed by atoms with Gasteiger partial charge in [0.1, 0.15) is 0 Å². The van der Waals surface area contributed by atoms with Crippen molar-refractivity contribution >= 4 is 22.4 Å². The summed E-state index contributed by atoms with van der Waals surface area (Å²) in [5, 5.41) is 24.0. The minimum absolute atomic E-state index is 0.121. The number of carbonyl (C=O) groups is 1. The molecule has 3 aromatic rings. The molecule has 4 rings (SSSR count). The molecule has 2 atom stereocenters. The molecule has 1 heterocycles. The van der Waals surface area contributed by atoms with E-state index in [4.69, 9.17) is 0 Å². The van der Waals surface area contributed by atoms with Gasteiger partial charge in [-0.2, -0.15) is 10.5 Å². The van der Waals surface area contributed by atoms with E-state index in [-0.39, 0.29) is 11.8 Å². The van der Waals surface area contributed by atoms with Crippen LogP contribution in [0.2, 0.25) is 0 Å². The number of hydrogen-bond acceptors (Lipinski definition) is 5. The largest absolute Gasteiger partial charge is 0.301 e. The molecule has 0 bridgehead atoms. The molecule has 28 heavy (non-hydrogen) atoms. The molecule has 5 nitrogen and oxygen atoms in total. The molecule has 0 unspecified atom stereocenters. The van der Waals surface area contributed by atoms with Crippen molar-refractivity contribution in [2.24, 2.45) is 5.41 Å². The number of nitrogens with zero attached hydrogens (tertiary/aromatic N) is 3. The molecule has 136 valence electrons. The van der Waals surface area contributed by atoms with Crippen LogP contribution in [0.15, 0.2) is 54.0 Å². The second kappa shape index (κ2) is 6.92. The third-order valence-corrected chi connectivity index (χ3v) is 5.99. The Hall–Kier alpha value is -3.48. The maximum atomic E-state index is 13.3. The Morgan fingerprint density at radius 2 is 2.00 bits per heavy atom. The summed E-state index contributed by atoms with van der Waals surface area (Å²) in [5.41, 5.74) is 3.24. The van der Waals surface area contributed by atoms with Crippen LogP contribution in [0.25, 0.3) is 0 Å². The highest BCUT2D eigenvalue weighted by Gasteiger charge is 2.49. The first-order valence-electron chi connectivity index (χ1n) is 8.79. The van der Waals surface area contributed by atoms with Crippen molar-refractivity contribution < 1.29 is 4.79 Å². The summed E-state index contributed by atoms with van der Waals surface area (Å²) in [7, 11) is 0. The van der Waals surface area contributed by atoms with Crippen molar-refractivity contribution in [2.45, 2.75) is 19.3 Å². The molecule has 0 saturated heterocycles. The molecule has 0 spiro atoms. The molecule has 1 amide bonds. The summed E-state index contributed by atoms with van der Waals surface area (Å²) in [6.07, 6.45) is 2.20. The number of nitrogens with one attached hydrogen (secondary N) is 1. The summed E-state index contributed by atoms with van der Waals surface area (Å²) in [6.45, 7) is 1.94. The third-order valence-electron chi connectivity index (χ3n) is 5.30. The summed E-state index contributed by atoms with van der Waals surface area (Å²) in [5.74, 6) is -0.381. The van der Waals surface area contributed by atoms with E-state index in [1.807, 2.05) is 42.6 Å². The first-order chi connectivity index (χ1) is 13.5. The maximum absolute atomic E-state index is 13.3. The van der Waals surface area contributed by atoms with Crippen molar-refractivity contribution in [3.8, 4) is 12.1 Å². The molecule has 6 heteroatoms.